The molecule has 0 amide bonds. The number of sulfonamides is 1. The van der Waals surface area contributed by atoms with E-state index in [1.54, 1.807) is 32.3 Å². The van der Waals surface area contributed by atoms with Crippen molar-refractivity contribution in [2.24, 2.45) is 5.92 Å². The highest BCUT2D eigenvalue weighted by Crippen LogP contribution is 2.24. The lowest BCUT2D eigenvalue weighted by molar-refractivity contribution is 0.489. The lowest BCUT2D eigenvalue weighted by Crippen LogP contribution is -2.24. The fourth-order valence-corrected chi connectivity index (χ4v) is 3.57. The topological polar surface area (TPSA) is 49.4 Å². The van der Waals surface area contributed by atoms with Gasteiger partial charge in [0.25, 0.3) is 0 Å². The van der Waals surface area contributed by atoms with Crippen molar-refractivity contribution in [3.63, 3.8) is 0 Å². The average Bonchev–Trinajstić information content (AvgIpc) is 2.45. The van der Waals surface area contributed by atoms with E-state index in [-0.39, 0.29) is 0 Å². The molecule has 6 heteroatoms. The molecule has 0 saturated carbocycles. The first-order valence-electron chi connectivity index (χ1n) is 7.24. The van der Waals surface area contributed by atoms with Crippen LogP contribution in [0.4, 0.5) is 5.69 Å². The second-order valence-electron chi connectivity index (χ2n) is 5.30. The number of alkyl halides is 1. The summed E-state index contributed by atoms with van der Waals surface area (Å²) in [6.45, 7) is 2.88. The predicted octanol–water partition coefficient (Wildman–Crippen LogP) is 3.39. The van der Waals surface area contributed by atoms with Crippen LogP contribution < -0.4 is 5.32 Å². The number of hydrogen-bond acceptors (Lipinski definition) is 3. The maximum Gasteiger partial charge on any atom is 0.244 e. The van der Waals surface area contributed by atoms with Gasteiger partial charge < -0.3 is 5.32 Å². The van der Waals surface area contributed by atoms with Gasteiger partial charge in [0, 0.05) is 26.5 Å². The van der Waals surface area contributed by atoms with Crippen LogP contribution in [0.1, 0.15) is 26.2 Å². The van der Waals surface area contributed by atoms with Gasteiger partial charge in [-0.2, -0.15) is 0 Å². The third kappa shape index (κ3) is 5.16. The summed E-state index contributed by atoms with van der Waals surface area (Å²) in [5.41, 5.74) is 0.655. The maximum atomic E-state index is 12.3. The number of anilines is 1. The van der Waals surface area contributed by atoms with E-state index < -0.39 is 10.0 Å². The molecule has 1 aromatic carbocycles. The fraction of sp³-hybridized carbons (Fsp3) is 0.600. The van der Waals surface area contributed by atoms with Crippen molar-refractivity contribution in [1.82, 2.24) is 4.31 Å². The average molecular weight is 333 g/mol. The first kappa shape index (κ1) is 18.3. The summed E-state index contributed by atoms with van der Waals surface area (Å²) in [5.74, 6) is 1.09. The molecule has 0 heterocycles. The van der Waals surface area contributed by atoms with Crippen LogP contribution in [-0.4, -0.2) is 39.2 Å². The standard InChI is InChI=1S/C15H25ClN2O2S/c1-4-7-13(10-11-16)12-17-14-8-5-6-9-15(14)21(19,20)18(2)3/h5-6,8-9,13,17H,4,7,10-12H2,1-3H3. The summed E-state index contributed by atoms with van der Waals surface area (Å²) >= 11 is 5.83. The zero-order valence-electron chi connectivity index (χ0n) is 13.0. The quantitative estimate of drug-likeness (QED) is 0.705. The van der Waals surface area contributed by atoms with Crippen molar-refractivity contribution in [3.8, 4) is 0 Å². The smallest absolute Gasteiger partial charge is 0.244 e. The molecule has 0 saturated heterocycles. The summed E-state index contributed by atoms with van der Waals surface area (Å²) in [6.07, 6.45) is 3.12. The molecule has 0 aliphatic rings. The Labute approximate surface area is 133 Å². The molecule has 1 unspecified atom stereocenters. The molecule has 0 aliphatic heterocycles. The van der Waals surface area contributed by atoms with E-state index in [9.17, 15) is 8.42 Å². The van der Waals surface area contributed by atoms with Gasteiger partial charge in [-0.15, -0.1) is 11.6 Å². The van der Waals surface area contributed by atoms with Crippen molar-refractivity contribution in [2.45, 2.75) is 31.1 Å². The van der Waals surface area contributed by atoms with E-state index in [0.717, 1.165) is 25.8 Å². The van der Waals surface area contributed by atoms with Gasteiger partial charge in [-0.05, 0) is 30.9 Å². The Morgan fingerprint density at radius 2 is 1.90 bits per heavy atom. The molecule has 1 N–H and O–H groups in total. The Hall–Kier alpha value is -0.780. The molecule has 0 fully saturated rings. The summed E-state index contributed by atoms with van der Waals surface area (Å²) in [5, 5.41) is 3.28. The Morgan fingerprint density at radius 3 is 2.48 bits per heavy atom. The van der Waals surface area contributed by atoms with Gasteiger partial charge in [0.2, 0.25) is 10.0 Å². The second-order valence-corrected chi connectivity index (χ2v) is 7.80. The van der Waals surface area contributed by atoms with Crippen LogP contribution in [0.25, 0.3) is 0 Å². The lowest BCUT2D eigenvalue weighted by Gasteiger charge is -2.19. The number of nitrogens with zero attached hydrogens (tertiary/aromatic N) is 1. The fourth-order valence-electron chi connectivity index (χ4n) is 2.20. The first-order chi connectivity index (χ1) is 9.93. The van der Waals surface area contributed by atoms with Crippen LogP contribution >= 0.6 is 11.6 Å². The number of para-hydroxylation sites is 1. The number of hydrogen-bond donors (Lipinski definition) is 1. The molecule has 0 aromatic heterocycles. The molecule has 1 aromatic rings. The third-order valence-electron chi connectivity index (χ3n) is 3.44. The van der Waals surface area contributed by atoms with Crippen molar-refractivity contribution in [2.75, 3.05) is 31.8 Å². The van der Waals surface area contributed by atoms with Crippen molar-refractivity contribution >= 4 is 27.3 Å². The van der Waals surface area contributed by atoms with Gasteiger partial charge in [0.15, 0.2) is 0 Å². The number of nitrogens with one attached hydrogen (secondary N) is 1. The van der Waals surface area contributed by atoms with Gasteiger partial charge >= 0.3 is 0 Å². The van der Waals surface area contributed by atoms with Crippen LogP contribution in [0.3, 0.4) is 0 Å². The van der Waals surface area contributed by atoms with Gasteiger partial charge in [-0.3, -0.25) is 0 Å². The summed E-state index contributed by atoms with van der Waals surface area (Å²) in [7, 11) is -0.353. The van der Waals surface area contributed by atoms with Crippen LogP contribution in [0.15, 0.2) is 29.2 Å². The zero-order chi connectivity index (χ0) is 15.9. The monoisotopic (exact) mass is 332 g/mol. The molecule has 0 aliphatic carbocycles. The molecule has 1 rings (SSSR count). The molecule has 0 radical (unpaired) electrons. The van der Waals surface area contributed by atoms with Crippen molar-refractivity contribution < 1.29 is 8.42 Å². The molecule has 120 valence electrons. The van der Waals surface area contributed by atoms with Crippen LogP contribution in [0.5, 0.6) is 0 Å². The minimum Gasteiger partial charge on any atom is -0.384 e. The normalized spacial score (nSPS) is 13.4. The van der Waals surface area contributed by atoms with Crippen LogP contribution in [-0.2, 0) is 10.0 Å². The zero-order valence-corrected chi connectivity index (χ0v) is 14.5. The maximum absolute atomic E-state index is 12.3. The molecule has 21 heavy (non-hydrogen) atoms. The Kier molecular flexibility index (Phi) is 7.49. The van der Waals surface area contributed by atoms with Gasteiger partial charge in [-0.1, -0.05) is 25.5 Å². The summed E-state index contributed by atoms with van der Waals surface area (Å²) < 4.78 is 25.9. The second kappa shape index (κ2) is 8.61. The molecular formula is C15H25ClN2O2S. The minimum absolute atomic E-state index is 0.316. The van der Waals surface area contributed by atoms with Crippen molar-refractivity contribution in [3.05, 3.63) is 24.3 Å². The van der Waals surface area contributed by atoms with Gasteiger partial charge in [-0.25, -0.2) is 12.7 Å². The lowest BCUT2D eigenvalue weighted by atomic mass is 10.0. The van der Waals surface area contributed by atoms with E-state index in [1.807, 2.05) is 6.07 Å². The van der Waals surface area contributed by atoms with E-state index in [0.29, 0.717) is 22.4 Å². The number of halogens is 1. The van der Waals surface area contributed by atoms with Crippen LogP contribution in [0.2, 0.25) is 0 Å². The Bertz CT molecular complexity index is 526. The first-order valence-corrected chi connectivity index (χ1v) is 9.22. The Morgan fingerprint density at radius 1 is 1.24 bits per heavy atom. The summed E-state index contributed by atoms with van der Waals surface area (Å²) in [6, 6.07) is 7.02. The van der Waals surface area contributed by atoms with E-state index in [1.165, 1.54) is 4.31 Å². The van der Waals surface area contributed by atoms with Crippen LogP contribution in [0, 0.1) is 5.92 Å². The van der Waals surface area contributed by atoms with E-state index in [4.69, 9.17) is 11.6 Å². The summed E-state index contributed by atoms with van der Waals surface area (Å²) in [4.78, 5) is 0.316. The van der Waals surface area contributed by atoms with E-state index >= 15 is 0 Å². The predicted molar refractivity (Wildman–Crippen MR) is 89.5 cm³/mol. The number of benzene rings is 1. The molecule has 0 bridgehead atoms. The van der Waals surface area contributed by atoms with Gasteiger partial charge in [0.1, 0.15) is 4.90 Å². The third-order valence-corrected chi connectivity index (χ3v) is 5.53. The van der Waals surface area contributed by atoms with E-state index in [2.05, 4.69) is 12.2 Å². The highest BCUT2D eigenvalue weighted by Gasteiger charge is 2.21. The highest BCUT2D eigenvalue weighted by molar-refractivity contribution is 7.89. The number of rotatable bonds is 9. The molecule has 4 nitrogen and oxygen atoms in total. The largest absolute Gasteiger partial charge is 0.384 e. The molecular weight excluding hydrogens is 308 g/mol. The SMILES string of the molecule is CCCC(CCCl)CNc1ccccc1S(=O)(=O)N(C)C. The highest BCUT2D eigenvalue weighted by atomic mass is 35.5. The molecule has 1 atom stereocenters. The molecule has 0 spiro atoms. The van der Waals surface area contributed by atoms with Gasteiger partial charge in [0.05, 0.1) is 5.69 Å². The minimum atomic E-state index is -3.44. The Balaban J connectivity index is 2.89. The van der Waals surface area contributed by atoms with Crippen molar-refractivity contribution in [1.29, 1.82) is 0 Å².